The van der Waals surface area contributed by atoms with Crippen LogP contribution in [0, 0.1) is 10.1 Å². The lowest BCUT2D eigenvalue weighted by Crippen LogP contribution is -2.43. The van der Waals surface area contributed by atoms with E-state index in [1.54, 1.807) is 0 Å². The van der Waals surface area contributed by atoms with Gasteiger partial charge in [0.15, 0.2) is 0 Å². The molecule has 2 atom stereocenters. The normalized spacial score (nSPS) is 18.2. The number of nitro groups is 1. The largest absolute Gasteiger partial charge is 0.487 e. The number of benzene rings is 1. The highest BCUT2D eigenvalue weighted by atomic mass is 16.6. The van der Waals surface area contributed by atoms with Gasteiger partial charge in [-0.25, -0.2) is 0 Å². The highest BCUT2D eigenvalue weighted by Crippen LogP contribution is 2.32. The number of hydrogen-bond acceptors (Lipinski definition) is 6. The quantitative estimate of drug-likeness (QED) is 0.662. The average Bonchev–Trinajstić information content (AvgIpc) is 2.95. The van der Waals surface area contributed by atoms with Gasteiger partial charge in [0.05, 0.1) is 29.8 Å². The smallest absolute Gasteiger partial charge is 0.306 e. The second-order valence-electron chi connectivity index (χ2n) is 5.63. The highest BCUT2D eigenvalue weighted by Gasteiger charge is 2.24. The zero-order chi connectivity index (χ0) is 16.4. The summed E-state index contributed by atoms with van der Waals surface area (Å²) in [6.07, 6.45) is 1.83. The van der Waals surface area contributed by atoms with Crippen LogP contribution in [0.2, 0.25) is 0 Å². The van der Waals surface area contributed by atoms with Gasteiger partial charge in [-0.1, -0.05) is 12.1 Å². The first-order valence-electron chi connectivity index (χ1n) is 7.38. The molecule has 1 aliphatic rings. The zero-order valence-corrected chi connectivity index (χ0v) is 12.7. The number of para-hydroxylation sites is 2. The summed E-state index contributed by atoms with van der Waals surface area (Å²) in [5.74, 6) is 0.799. The first-order valence-corrected chi connectivity index (χ1v) is 7.38. The van der Waals surface area contributed by atoms with Crippen LogP contribution >= 0.6 is 0 Å². The molecule has 0 saturated carbocycles. The number of hydrogen-bond donors (Lipinski definition) is 1. The van der Waals surface area contributed by atoms with Gasteiger partial charge in [-0.3, -0.25) is 14.8 Å². The second kappa shape index (κ2) is 6.25. The topological polar surface area (TPSA) is 93.7 Å². The summed E-state index contributed by atoms with van der Waals surface area (Å²) in [7, 11) is 0. The molecule has 1 aromatic carbocycles. The summed E-state index contributed by atoms with van der Waals surface area (Å²) in [6.45, 7) is 3.25. The molecule has 1 N–H and O–H groups in total. The Labute approximate surface area is 133 Å². The summed E-state index contributed by atoms with van der Waals surface area (Å²) in [5, 5.41) is 24.9. The first kappa shape index (κ1) is 15.3. The zero-order valence-electron chi connectivity index (χ0n) is 12.7. The number of anilines is 1. The van der Waals surface area contributed by atoms with Gasteiger partial charge in [0.2, 0.25) is 0 Å². The number of aliphatic hydroxyl groups excluding tert-OH is 1. The van der Waals surface area contributed by atoms with E-state index in [4.69, 9.17) is 4.74 Å². The van der Waals surface area contributed by atoms with E-state index < -0.39 is 11.0 Å². The van der Waals surface area contributed by atoms with Crippen LogP contribution in [-0.2, 0) is 6.54 Å². The maximum Gasteiger partial charge on any atom is 0.306 e. The van der Waals surface area contributed by atoms with Gasteiger partial charge in [-0.2, -0.15) is 5.10 Å². The van der Waals surface area contributed by atoms with Crippen molar-refractivity contribution in [2.45, 2.75) is 25.7 Å². The highest BCUT2D eigenvalue weighted by molar-refractivity contribution is 5.60. The summed E-state index contributed by atoms with van der Waals surface area (Å²) in [4.78, 5) is 12.2. The van der Waals surface area contributed by atoms with E-state index in [0.29, 0.717) is 13.1 Å². The molecule has 0 aliphatic carbocycles. The van der Waals surface area contributed by atoms with E-state index in [-0.39, 0.29) is 18.3 Å². The van der Waals surface area contributed by atoms with Crippen molar-refractivity contribution in [2.24, 2.45) is 0 Å². The molecule has 0 amide bonds. The number of rotatable bonds is 5. The minimum Gasteiger partial charge on any atom is -0.487 e. The van der Waals surface area contributed by atoms with Crippen molar-refractivity contribution in [1.82, 2.24) is 9.78 Å². The van der Waals surface area contributed by atoms with Crippen molar-refractivity contribution in [2.75, 3.05) is 18.0 Å². The fourth-order valence-corrected chi connectivity index (χ4v) is 2.73. The van der Waals surface area contributed by atoms with Crippen molar-refractivity contribution in [3.63, 3.8) is 0 Å². The predicted molar refractivity (Wildman–Crippen MR) is 83.6 cm³/mol. The van der Waals surface area contributed by atoms with Crippen LogP contribution < -0.4 is 9.64 Å². The first-order chi connectivity index (χ1) is 11.0. The maximum absolute atomic E-state index is 10.7. The Morgan fingerprint density at radius 2 is 2.26 bits per heavy atom. The Morgan fingerprint density at radius 3 is 3.00 bits per heavy atom. The number of ether oxygens (including phenoxy) is 1. The fraction of sp³-hybridized carbons (Fsp3) is 0.400. The van der Waals surface area contributed by atoms with Crippen molar-refractivity contribution >= 4 is 11.4 Å². The van der Waals surface area contributed by atoms with E-state index in [9.17, 15) is 15.2 Å². The van der Waals surface area contributed by atoms with Gasteiger partial charge < -0.3 is 14.7 Å². The van der Waals surface area contributed by atoms with Crippen LogP contribution in [0.5, 0.6) is 5.75 Å². The molecular weight excluding hydrogens is 300 g/mol. The number of fused-ring (bicyclic) bond motifs is 1. The Kier molecular flexibility index (Phi) is 4.16. The van der Waals surface area contributed by atoms with E-state index in [0.717, 1.165) is 11.4 Å². The van der Waals surface area contributed by atoms with E-state index in [2.05, 4.69) is 10.00 Å². The average molecular weight is 318 g/mol. The second-order valence-corrected chi connectivity index (χ2v) is 5.63. The lowest BCUT2D eigenvalue weighted by Gasteiger charge is -2.36. The van der Waals surface area contributed by atoms with Crippen LogP contribution in [0.1, 0.15) is 6.92 Å². The molecule has 1 aliphatic heterocycles. The number of nitrogens with zero attached hydrogens (tertiary/aromatic N) is 4. The Morgan fingerprint density at radius 1 is 1.48 bits per heavy atom. The van der Waals surface area contributed by atoms with Crippen LogP contribution in [0.25, 0.3) is 0 Å². The van der Waals surface area contributed by atoms with Gasteiger partial charge in [-0.15, -0.1) is 0 Å². The lowest BCUT2D eigenvalue weighted by atomic mass is 10.2. The van der Waals surface area contributed by atoms with Gasteiger partial charge in [-0.05, 0) is 19.1 Å². The molecule has 0 saturated heterocycles. The van der Waals surface area contributed by atoms with Gasteiger partial charge in [0.25, 0.3) is 0 Å². The Bertz CT molecular complexity index is 702. The third-order valence-corrected chi connectivity index (χ3v) is 3.67. The monoisotopic (exact) mass is 318 g/mol. The summed E-state index contributed by atoms with van der Waals surface area (Å²) in [6, 6.07) is 7.69. The Balaban J connectivity index is 1.67. The molecule has 1 aromatic heterocycles. The third kappa shape index (κ3) is 3.42. The molecule has 122 valence electrons. The molecule has 8 heteroatoms. The molecule has 0 spiro atoms. The predicted octanol–water partition coefficient (Wildman–Crippen LogP) is 1.44. The number of aromatic nitrogens is 2. The standard InChI is InChI=1S/C15H18N4O4/c1-11-7-17(14-4-2-3-5-15(14)23-11)9-13(20)10-18-8-12(6-16-18)19(21)22/h2-6,8,11,13,20H,7,9-10H2,1H3/t11-,13-/m0/s1. The molecule has 0 fully saturated rings. The lowest BCUT2D eigenvalue weighted by molar-refractivity contribution is -0.385. The molecule has 23 heavy (non-hydrogen) atoms. The van der Waals surface area contributed by atoms with Crippen LogP contribution in [0.15, 0.2) is 36.7 Å². The summed E-state index contributed by atoms with van der Waals surface area (Å²) in [5.41, 5.74) is 0.860. The van der Waals surface area contributed by atoms with E-state index >= 15 is 0 Å². The minimum atomic E-state index is -0.701. The molecule has 0 radical (unpaired) electrons. The maximum atomic E-state index is 10.7. The van der Waals surface area contributed by atoms with Gasteiger partial charge in [0, 0.05) is 6.54 Å². The SMILES string of the molecule is C[C@H]1CN(C[C@H](O)Cn2cc([N+](=O)[O-])cn2)c2ccccc2O1. The fourth-order valence-electron chi connectivity index (χ4n) is 2.73. The Hall–Kier alpha value is -2.61. The minimum absolute atomic E-state index is 0.0305. The summed E-state index contributed by atoms with van der Waals surface area (Å²) >= 11 is 0. The molecular formula is C15H18N4O4. The van der Waals surface area contributed by atoms with E-state index in [1.165, 1.54) is 17.1 Å². The molecule has 0 unspecified atom stereocenters. The molecule has 0 bridgehead atoms. The molecule has 2 aromatic rings. The van der Waals surface area contributed by atoms with Gasteiger partial charge in [0.1, 0.15) is 24.2 Å². The van der Waals surface area contributed by atoms with Gasteiger partial charge >= 0.3 is 5.69 Å². The van der Waals surface area contributed by atoms with Crippen molar-refractivity contribution in [3.8, 4) is 5.75 Å². The van der Waals surface area contributed by atoms with Crippen molar-refractivity contribution in [3.05, 3.63) is 46.8 Å². The third-order valence-electron chi connectivity index (χ3n) is 3.67. The van der Waals surface area contributed by atoms with E-state index in [1.807, 2.05) is 31.2 Å². The van der Waals surface area contributed by atoms with Crippen LogP contribution in [-0.4, -0.2) is 45.1 Å². The summed E-state index contributed by atoms with van der Waals surface area (Å²) < 4.78 is 7.16. The molecule has 2 heterocycles. The van der Waals surface area contributed by atoms with Crippen molar-refractivity contribution < 1.29 is 14.8 Å². The number of β-amino-alcohol motifs (C(OH)–C–C–N with tert-alkyl or cyclic N) is 1. The molecule has 3 rings (SSSR count). The number of aliphatic hydroxyl groups is 1. The van der Waals surface area contributed by atoms with Crippen molar-refractivity contribution in [1.29, 1.82) is 0 Å². The van der Waals surface area contributed by atoms with Crippen LogP contribution in [0.4, 0.5) is 11.4 Å². The molecule has 8 nitrogen and oxygen atoms in total. The van der Waals surface area contributed by atoms with Crippen LogP contribution in [0.3, 0.4) is 0 Å².